The first kappa shape index (κ1) is 18.9. The summed E-state index contributed by atoms with van der Waals surface area (Å²) in [6, 6.07) is 10.0. The minimum absolute atomic E-state index is 0.200. The molecule has 3 aromatic heterocycles. The van der Waals surface area contributed by atoms with Crippen LogP contribution in [0.2, 0.25) is 0 Å². The molecule has 1 aliphatic carbocycles. The number of benzene rings is 1. The van der Waals surface area contributed by atoms with Gasteiger partial charge in [0.1, 0.15) is 11.6 Å². The van der Waals surface area contributed by atoms with Crippen LogP contribution in [-0.4, -0.2) is 32.0 Å². The van der Waals surface area contributed by atoms with Gasteiger partial charge in [0, 0.05) is 24.8 Å². The summed E-state index contributed by atoms with van der Waals surface area (Å²) in [4.78, 5) is 21.9. The number of pyridine rings is 1. The molecule has 0 aliphatic heterocycles. The quantitative estimate of drug-likeness (QED) is 0.452. The summed E-state index contributed by atoms with van der Waals surface area (Å²) in [5.41, 5.74) is 5.82. The molecular formula is C23H20N6O2. The Labute approximate surface area is 179 Å². The number of hydrogen-bond donors (Lipinski definition) is 1. The summed E-state index contributed by atoms with van der Waals surface area (Å²) in [6.07, 6.45) is 5.55. The number of nitrogens with zero attached hydrogens (tertiary/aromatic N) is 5. The number of fused-ring (bicyclic) bond motifs is 3. The first-order valence-electron chi connectivity index (χ1n) is 9.88. The van der Waals surface area contributed by atoms with E-state index in [2.05, 4.69) is 30.2 Å². The first-order chi connectivity index (χ1) is 15.1. The molecule has 1 N–H and O–H groups in total. The smallest absolute Gasteiger partial charge is 0.325 e. The monoisotopic (exact) mass is 412 g/mol. The van der Waals surface area contributed by atoms with Gasteiger partial charge in [-0.25, -0.2) is 9.97 Å². The lowest BCUT2D eigenvalue weighted by atomic mass is 10.1. The summed E-state index contributed by atoms with van der Waals surface area (Å²) in [5.74, 6) is 2.12. The molecule has 0 bridgehead atoms. The van der Waals surface area contributed by atoms with Gasteiger partial charge >= 0.3 is 6.01 Å². The number of nitrogens with one attached hydrogen (secondary N) is 1. The minimum atomic E-state index is 0.200. The Kier molecular flexibility index (Phi) is 4.66. The molecule has 0 spiro atoms. The van der Waals surface area contributed by atoms with Crippen molar-refractivity contribution in [2.75, 3.05) is 12.4 Å². The number of aromatic nitrogens is 5. The van der Waals surface area contributed by atoms with Gasteiger partial charge in [0.15, 0.2) is 5.75 Å². The maximum absolute atomic E-state index is 6.11. The van der Waals surface area contributed by atoms with E-state index in [-0.39, 0.29) is 6.01 Å². The highest BCUT2D eigenvalue weighted by atomic mass is 16.5. The van der Waals surface area contributed by atoms with E-state index in [0.717, 1.165) is 33.8 Å². The Hall–Kier alpha value is -4.07. The second kappa shape index (κ2) is 7.64. The Morgan fingerprint density at radius 2 is 1.68 bits per heavy atom. The van der Waals surface area contributed by atoms with Gasteiger partial charge in [-0.1, -0.05) is 12.1 Å². The van der Waals surface area contributed by atoms with E-state index in [4.69, 9.17) is 9.47 Å². The van der Waals surface area contributed by atoms with Crippen molar-refractivity contribution in [3.8, 4) is 34.5 Å². The van der Waals surface area contributed by atoms with Gasteiger partial charge in [-0.3, -0.25) is 4.98 Å². The zero-order valence-electron chi connectivity index (χ0n) is 17.4. The van der Waals surface area contributed by atoms with Crippen LogP contribution in [0.15, 0.2) is 48.9 Å². The molecule has 0 atom stereocenters. The van der Waals surface area contributed by atoms with Crippen molar-refractivity contribution in [3.63, 3.8) is 0 Å². The Bertz CT molecular complexity index is 1260. The fourth-order valence-electron chi connectivity index (χ4n) is 3.56. The van der Waals surface area contributed by atoms with E-state index < -0.39 is 0 Å². The fraction of sp³-hybridized carbons (Fsp3) is 0.174. The van der Waals surface area contributed by atoms with Crippen LogP contribution in [0, 0.1) is 13.8 Å². The van der Waals surface area contributed by atoms with Crippen molar-refractivity contribution in [3.05, 3.63) is 71.7 Å². The summed E-state index contributed by atoms with van der Waals surface area (Å²) in [7, 11) is 1.91. The molecule has 31 heavy (non-hydrogen) atoms. The second-order valence-electron chi connectivity index (χ2n) is 7.20. The Balaban J connectivity index is 1.60. The molecule has 0 fully saturated rings. The molecule has 8 heteroatoms. The van der Waals surface area contributed by atoms with Gasteiger partial charge < -0.3 is 14.8 Å². The molecule has 0 radical (unpaired) electrons. The predicted octanol–water partition coefficient (Wildman–Crippen LogP) is 4.48. The summed E-state index contributed by atoms with van der Waals surface area (Å²) >= 11 is 0. The predicted molar refractivity (Wildman–Crippen MR) is 116 cm³/mol. The zero-order valence-corrected chi connectivity index (χ0v) is 17.4. The largest absolute Gasteiger partial charge is 0.435 e. The van der Waals surface area contributed by atoms with Crippen LogP contribution >= 0.6 is 0 Å². The van der Waals surface area contributed by atoms with Crippen molar-refractivity contribution in [1.82, 2.24) is 24.9 Å². The van der Waals surface area contributed by atoms with Gasteiger partial charge in [-0.05, 0) is 43.2 Å². The van der Waals surface area contributed by atoms with Crippen LogP contribution in [0.25, 0.3) is 11.1 Å². The fourth-order valence-corrected chi connectivity index (χ4v) is 3.56. The lowest BCUT2D eigenvalue weighted by molar-refractivity contribution is 0.408. The van der Waals surface area contributed by atoms with Crippen molar-refractivity contribution in [1.29, 1.82) is 0 Å². The number of aryl methyl sites for hydroxylation is 2. The van der Waals surface area contributed by atoms with Crippen LogP contribution in [0.3, 0.4) is 0 Å². The average molecular weight is 412 g/mol. The van der Waals surface area contributed by atoms with Gasteiger partial charge in [-0.15, -0.1) is 0 Å². The summed E-state index contributed by atoms with van der Waals surface area (Å²) in [6.45, 7) is 3.74. The van der Waals surface area contributed by atoms with E-state index in [1.165, 1.54) is 0 Å². The van der Waals surface area contributed by atoms with Crippen LogP contribution < -0.4 is 14.8 Å². The maximum atomic E-state index is 6.11. The lowest BCUT2D eigenvalue weighted by Gasteiger charge is -2.12. The number of ether oxygens (including phenoxy) is 2. The van der Waals surface area contributed by atoms with Gasteiger partial charge in [0.05, 0.1) is 29.8 Å². The van der Waals surface area contributed by atoms with Gasteiger partial charge in [-0.2, -0.15) is 9.97 Å². The molecule has 154 valence electrons. The standard InChI is InChI=1S/C23H20N6O2/c1-13-7-8-15(10-25-13)31-23-28-20-9-18-17(5-4-6-19(18)24-3)21(20)22(29-23)30-16-11-26-14(2)27-12-16/h4-8,10-12,24H,9H2,1-3H3. The molecule has 3 heterocycles. The third-order valence-corrected chi connectivity index (χ3v) is 5.05. The zero-order chi connectivity index (χ0) is 21.4. The summed E-state index contributed by atoms with van der Waals surface area (Å²) < 4.78 is 12.0. The third kappa shape index (κ3) is 3.63. The summed E-state index contributed by atoms with van der Waals surface area (Å²) in [5, 5.41) is 3.25. The average Bonchev–Trinajstić information content (AvgIpc) is 3.16. The topological polar surface area (TPSA) is 94.9 Å². The molecule has 0 amide bonds. The van der Waals surface area contributed by atoms with E-state index in [1.807, 2.05) is 51.2 Å². The molecule has 5 rings (SSSR count). The van der Waals surface area contributed by atoms with Crippen LogP contribution in [0.4, 0.5) is 5.69 Å². The van der Waals surface area contributed by atoms with Gasteiger partial charge in [0.2, 0.25) is 5.88 Å². The number of hydrogen-bond acceptors (Lipinski definition) is 8. The van der Waals surface area contributed by atoms with Crippen molar-refractivity contribution in [2.24, 2.45) is 0 Å². The maximum Gasteiger partial charge on any atom is 0.325 e. The Morgan fingerprint density at radius 1 is 0.871 bits per heavy atom. The third-order valence-electron chi connectivity index (χ3n) is 5.05. The molecule has 0 saturated carbocycles. The van der Waals surface area contributed by atoms with E-state index >= 15 is 0 Å². The lowest BCUT2D eigenvalue weighted by Crippen LogP contribution is -2.01. The number of rotatable bonds is 5. The van der Waals surface area contributed by atoms with Crippen LogP contribution in [0.5, 0.6) is 23.4 Å². The van der Waals surface area contributed by atoms with Crippen molar-refractivity contribution < 1.29 is 9.47 Å². The SMILES string of the molecule is CNc1cccc2c1Cc1nc(Oc3ccc(C)nc3)nc(Oc3cnc(C)nc3)c1-2. The van der Waals surface area contributed by atoms with E-state index in [9.17, 15) is 0 Å². The van der Waals surface area contributed by atoms with Crippen molar-refractivity contribution >= 4 is 5.69 Å². The van der Waals surface area contributed by atoms with Gasteiger partial charge in [0.25, 0.3) is 0 Å². The molecule has 1 aliphatic rings. The number of anilines is 1. The normalized spacial score (nSPS) is 11.6. The highest BCUT2D eigenvalue weighted by Gasteiger charge is 2.29. The van der Waals surface area contributed by atoms with E-state index in [1.54, 1.807) is 18.6 Å². The molecule has 0 unspecified atom stereocenters. The first-order valence-corrected chi connectivity index (χ1v) is 9.88. The van der Waals surface area contributed by atoms with Crippen LogP contribution in [-0.2, 0) is 6.42 Å². The molecular weight excluding hydrogens is 392 g/mol. The molecule has 0 saturated heterocycles. The molecule has 1 aromatic carbocycles. The highest BCUT2D eigenvalue weighted by molar-refractivity contribution is 5.84. The molecule has 4 aromatic rings. The highest BCUT2D eigenvalue weighted by Crippen LogP contribution is 2.45. The van der Waals surface area contributed by atoms with Crippen molar-refractivity contribution in [2.45, 2.75) is 20.3 Å². The Morgan fingerprint density at radius 3 is 2.42 bits per heavy atom. The minimum Gasteiger partial charge on any atom is -0.435 e. The van der Waals surface area contributed by atoms with Crippen LogP contribution in [0.1, 0.15) is 22.8 Å². The van der Waals surface area contributed by atoms with E-state index in [0.29, 0.717) is 29.6 Å². The molecule has 8 nitrogen and oxygen atoms in total. The second-order valence-corrected chi connectivity index (χ2v) is 7.20.